The van der Waals surface area contributed by atoms with Crippen LogP contribution in [0.2, 0.25) is 0 Å². The van der Waals surface area contributed by atoms with Crippen LogP contribution in [0, 0.1) is 10.1 Å². The SMILES string of the molecule is O=[N+]([O-])c1cccc(CS(=O)(=O)NC2CCCC2)c1. The van der Waals surface area contributed by atoms with E-state index in [0.717, 1.165) is 25.7 Å². The van der Waals surface area contributed by atoms with Crippen molar-refractivity contribution in [2.24, 2.45) is 0 Å². The van der Waals surface area contributed by atoms with E-state index in [1.807, 2.05) is 0 Å². The molecule has 0 aromatic heterocycles. The van der Waals surface area contributed by atoms with Gasteiger partial charge in [0.15, 0.2) is 0 Å². The fourth-order valence-corrected chi connectivity index (χ4v) is 3.76. The number of nitro groups is 1. The average molecular weight is 284 g/mol. The van der Waals surface area contributed by atoms with E-state index >= 15 is 0 Å². The van der Waals surface area contributed by atoms with Gasteiger partial charge in [0.1, 0.15) is 0 Å². The molecular weight excluding hydrogens is 268 g/mol. The van der Waals surface area contributed by atoms with Crippen LogP contribution in [-0.2, 0) is 15.8 Å². The standard InChI is InChI=1S/C12H16N2O4S/c15-14(16)12-7-3-4-10(8-12)9-19(17,18)13-11-5-1-2-6-11/h3-4,7-8,11,13H,1-2,5-6,9H2. The van der Waals surface area contributed by atoms with Crippen molar-refractivity contribution in [1.82, 2.24) is 4.72 Å². The monoisotopic (exact) mass is 284 g/mol. The lowest BCUT2D eigenvalue weighted by atomic mass is 10.2. The maximum absolute atomic E-state index is 12.0. The maximum Gasteiger partial charge on any atom is 0.269 e. The molecule has 0 bridgehead atoms. The molecule has 2 rings (SSSR count). The first-order chi connectivity index (χ1) is 8.96. The molecule has 6 nitrogen and oxygen atoms in total. The van der Waals surface area contributed by atoms with Crippen molar-refractivity contribution in [3.63, 3.8) is 0 Å². The summed E-state index contributed by atoms with van der Waals surface area (Å²) in [5, 5.41) is 10.6. The topological polar surface area (TPSA) is 89.3 Å². The molecule has 104 valence electrons. The molecule has 0 unspecified atom stereocenters. The summed E-state index contributed by atoms with van der Waals surface area (Å²) < 4.78 is 26.6. The highest BCUT2D eigenvalue weighted by Gasteiger charge is 2.22. The summed E-state index contributed by atoms with van der Waals surface area (Å²) in [7, 11) is -3.43. The van der Waals surface area contributed by atoms with E-state index in [1.165, 1.54) is 18.2 Å². The van der Waals surface area contributed by atoms with Crippen molar-refractivity contribution < 1.29 is 13.3 Å². The molecule has 0 aliphatic heterocycles. The third kappa shape index (κ3) is 4.00. The predicted octanol–water partition coefficient (Wildman–Crippen LogP) is 1.96. The molecule has 1 N–H and O–H groups in total. The van der Waals surface area contributed by atoms with Gasteiger partial charge < -0.3 is 0 Å². The van der Waals surface area contributed by atoms with Crippen LogP contribution in [0.3, 0.4) is 0 Å². The second-order valence-corrected chi connectivity index (χ2v) is 6.54. The van der Waals surface area contributed by atoms with E-state index in [2.05, 4.69) is 4.72 Å². The number of benzene rings is 1. The Kier molecular flexibility index (Phi) is 4.16. The van der Waals surface area contributed by atoms with E-state index in [-0.39, 0.29) is 17.5 Å². The number of nitrogens with zero attached hydrogens (tertiary/aromatic N) is 1. The van der Waals surface area contributed by atoms with Crippen LogP contribution in [-0.4, -0.2) is 19.4 Å². The first-order valence-corrected chi connectivity index (χ1v) is 7.85. The van der Waals surface area contributed by atoms with Crippen molar-refractivity contribution in [3.8, 4) is 0 Å². The van der Waals surface area contributed by atoms with Crippen LogP contribution in [0.5, 0.6) is 0 Å². The molecule has 1 aromatic rings. The van der Waals surface area contributed by atoms with Gasteiger partial charge in [-0.25, -0.2) is 13.1 Å². The molecule has 0 saturated heterocycles. The minimum absolute atomic E-state index is 0.0173. The van der Waals surface area contributed by atoms with Crippen LogP contribution in [0.1, 0.15) is 31.2 Å². The molecule has 0 atom stereocenters. The summed E-state index contributed by atoms with van der Waals surface area (Å²) in [6, 6.07) is 5.75. The van der Waals surface area contributed by atoms with Gasteiger partial charge in [-0.05, 0) is 18.4 Å². The average Bonchev–Trinajstić information content (AvgIpc) is 2.80. The number of rotatable bonds is 5. The van der Waals surface area contributed by atoms with Crippen molar-refractivity contribution in [2.45, 2.75) is 37.5 Å². The Labute approximate surface area is 112 Å². The zero-order chi connectivity index (χ0) is 13.9. The number of nitro benzene ring substituents is 1. The van der Waals surface area contributed by atoms with E-state index in [9.17, 15) is 18.5 Å². The first kappa shape index (κ1) is 14.0. The first-order valence-electron chi connectivity index (χ1n) is 6.19. The smallest absolute Gasteiger partial charge is 0.258 e. The fourth-order valence-electron chi connectivity index (χ4n) is 2.32. The summed E-state index contributed by atoms with van der Waals surface area (Å²) in [6.45, 7) is 0. The Bertz CT molecular complexity index is 565. The van der Waals surface area contributed by atoms with Crippen LogP contribution in [0.25, 0.3) is 0 Å². The number of nitrogens with one attached hydrogen (secondary N) is 1. The van der Waals surface area contributed by atoms with E-state index in [4.69, 9.17) is 0 Å². The Hall–Kier alpha value is -1.47. The largest absolute Gasteiger partial charge is 0.269 e. The highest BCUT2D eigenvalue weighted by molar-refractivity contribution is 7.88. The molecule has 1 aromatic carbocycles. The van der Waals surface area contributed by atoms with Crippen molar-refractivity contribution in [2.75, 3.05) is 0 Å². The van der Waals surface area contributed by atoms with E-state index in [1.54, 1.807) is 6.07 Å². The Morgan fingerprint density at radius 1 is 1.32 bits per heavy atom. The summed E-state index contributed by atoms with van der Waals surface area (Å²) in [4.78, 5) is 10.1. The number of hydrogen-bond acceptors (Lipinski definition) is 4. The summed E-state index contributed by atoms with van der Waals surface area (Å²) in [6.07, 6.45) is 3.83. The second kappa shape index (κ2) is 5.66. The Balaban J connectivity index is 2.06. The molecule has 1 saturated carbocycles. The number of non-ortho nitro benzene ring substituents is 1. The van der Waals surface area contributed by atoms with Crippen molar-refractivity contribution >= 4 is 15.7 Å². The minimum Gasteiger partial charge on any atom is -0.258 e. The van der Waals surface area contributed by atoms with Gasteiger partial charge in [-0.3, -0.25) is 10.1 Å². The third-order valence-electron chi connectivity index (χ3n) is 3.18. The van der Waals surface area contributed by atoms with Gasteiger partial charge in [-0.15, -0.1) is 0 Å². The quantitative estimate of drug-likeness (QED) is 0.661. The number of sulfonamides is 1. The van der Waals surface area contributed by atoms with Crippen LogP contribution >= 0.6 is 0 Å². The minimum atomic E-state index is -3.43. The zero-order valence-corrected chi connectivity index (χ0v) is 11.2. The lowest BCUT2D eigenvalue weighted by Crippen LogP contribution is -2.33. The van der Waals surface area contributed by atoms with Gasteiger partial charge in [0, 0.05) is 18.2 Å². The molecule has 1 fully saturated rings. The summed E-state index contributed by atoms with van der Waals surface area (Å²) in [5.74, 6) is -0.217. The van der Waals surface area contributed by atoms with Crippen LogP contribution in [0.15, 0.2) is 24.3 Å². The number of hydrogen-bond donors (Lipinski definition) is 1. The molecule has 0 radical (unpaired) electrons. The van der Waals surface area contributed by atoms with Crippen molar-refractivity contribution in [1.29, 1.82) is 0 Å². The zero-order valence-electron chi connectivity index (χ0n) is 10.4. The molecule has 0 heterocycles. The van der Waals surface area contributed by atoms with Gasteiger partial charge in [0.05, 0.1) is 10.7 Å². The summed E-state index contributed by atoms with van der Waals surface area (Å²) in [5.41, 5.74) is 0.341. The van der Waals surface area contributed by atoms with Crippen LogP contribution < -0.4 is 4.72 Å². The molecule has 1 aliphatic carbocycles. The van der Waals surface area contributed by atoms with Gasteiger partial charge in [-0.1, -0.05) is 25.0 Å². The highest BCUT2D eigenvalue weighted by atomic mass is 32.2. The lowest BCUT2D eigenvalue weighted by Gasteiger charge is -2.12. The molecule has 1 aliphatic rings. The second-order valence-electron chi connectivity index (χ2n) is 4.79. The summed E-state index contributed by atoms with van der Waals surface area (Å²) >= 11 is 0. The van der Waals surface area contributed by atoms with Gasteiger partial charge in [0.2, 0.25) is 10.0 Å². The third-order valence-corrected chi connectivity index (χ3v) is 4.59. The van der Waals surface area contributed by atoms with Gasteiger partial charge in [0.25, 0.3) is 5.69 Å². The molecule has 0 amide bonds. The molecule has 0 spiro atoms. The maximum atomic E-state index is 12.0. The Morgan fingerprint density at radius 3 is 2.63 bits per heavy atom. The van der Waals surface area contributed by atoms with E-state index in [0.29, 0.717) is 5.56 Å². The predicted molar refractivity (Wildman–Crippen MR) is 71.1 cm³/mol. The van der Waals surface area contributed by atoms with E-state index < -0.39 is 14.9 Å². The lowest BCUT2D eigenvalue weighted by molar-refractivity contribution is -0.384. The van der Waals surface area contributed by atoms with Crippen LogP contribution in [0.4, 0.5) is 5.69 Å². The van der Waals surface area contributed by atoms with Crippen molar-refractivity contribution in [3.05, 3.63) is 39.9 Å². The van der Waals surface area contributed by atoms with Gasteiger partial charge >= 0.3 is 0 Å². The molecule has 7 heteroatoms. The van der Waals surface area contributed by atoms with Gasteiger partial charge in [-0.2, -0.15) is 0 Å². The normalized spacial score (nSPS) is 16.6. The molecular formula is C12H16N2O4S. The highest BCUT2D eigenvalue weighted by Crippen LogP contribution is 2.20. The molecule has 19 heavy (non-hydrogen) atoms. The Morgan fingerprint density at radius 2 is 2.00 bits per heavy atom. The fraction of sp³-hybridized carbons (Fsp3) is 0.500.